The molecule has 1 aromatic rings. The number of benzene rings is 1. The number of ketones is 1. The first kappa shape index (κ1) is 12.1. The highest BCUT2D eigenvalue weighted by molar-refractivity contribution is 9.10. The molecule has 1 aromatic carbocycles. The minimum atomic E-state index is -0.563. The van der Waals surface area contributed by atoms with E-state index in [1.807, 2.05) is 0 Å². The van der Waals surface area contributed by atoms with Crippen molar-refractivity contribution in [1.82, 2.24) is 0 Å². The fourth-order valence-corrected chi connectivity index (χ4v) is 1.79. The van der Waals surface area contributed by atoms with E-state index in [0.29, 0.717) is 10.0 Å². The van der Waals surface area contributed by atoms with Gasteiger partial charge in [-0.15, -0.1) is 0 Å². The molecule has 0 radical (unpaired) electrons. The topological polar surface area (TPSA) is 52.3 Å². The van der Waals surface area contributed by atoms with E-state index in [-0.39, 0.29) is 24.5 Å². The highest BCUT2D eigenvalue weighted by atomic mass is 79.9. The molecule has 0 aliphatic rings. The summed E-state index contributed by atoms with van der Waals surface area (Å²) in [6.45, 7) is 0.254. The predicted octanol–water partition coefficient (Wildman–Crippen LogP) is 2.13. The van der Waals surface area contributed by atoms with Gasteiger partial charge in [0.25, 0.3) is 0 Å². The van der Waals surface area contributed by atoms with Gasteiger partial charge in [0.05, 0.1) is 11.6 Å². The monoisotopic (exact) mass is 275 g/mol. The fourth-order valence-electron chi connectivity index (χ4n) is 1.19. The first-order valence-electron chi connectivity index (χ1n) is 4.36. The standard InChI is InChI=1S/C10H11BrFNO2/c1-15-10-7(11)4-6(5-8(10)12)9(14)2-3-13/h4-5H,2-3,13H2,1H3. The molecule has 0 atom stereocenters. The van der Waals surface area contributed by atoms with Gasteiger partial charge in [-0.1, -0.05) is 0 Å². The third-order valence-electron chi connectivity index (χ3n) is 1.90. The van der Waals surface area contributed by atoms with E-state index in [1.165, 1.54) is 13.2 Å². The molecule has 0 aromatic heterocycles. The van der Waals surface area contributed by atoms with Crippen molar-refractivity contribution in [3.63, 3.8) is 0 Å². The van der Waals surface area contributed by atoms with Crippen LogP contribution in [0.5, 0.6) is 5.75 Å². The van der Waals surface area contributed by atoms with Gasteiger partial charge in [-0.25, -0.2) is 4.39 Å². The van der Waals surface area contributed by atoms with Gasteiger partial charge in [0.15, 0.2) is 17.3 Å². The Bertz CT molecular complexity index is 359. The number of rotatable bonds is 4. The van der Waals surface area contributed by atoms with Gasteiger partial charge in [-0.05, 0) is 34.6 Å². The second-order valence-corrected chi connectivity index (χ2v) is 3.79. The zero-order chi connectivity index (χ0) is 11.4. The maximum atomic E-state index is 13.4. The lowest BCUT2D eigenvalue weighted by Gasteiger charge is -2.07. The summed E-state index contributed by atoms with van der Waals surface area (Å²) < 4.78 is 18.6. The van der Waals surface area contributed by atoms with Gasteiger partial charge < -0.3 is 10.5 Å². The Morgan fingerprint density at radius 2 is 2.27 bits per heavy atom. The second kappa shape index (κ2) is 5.23. The Balaban J connectivity index is 3.08. The number of nitrogens with two attached hydrogens (primary N) is 1. The van der Waals surface area contributed by atoms with Crippen molar-refractivity contribution >= 4 is 21.7 Å². The second-order valence-electron chi connectivity index (χ2n) is 2.93. The molecule has 0 heterocycles. The van der Waals surface area contributed by atoms with Crippen LogP contribution in [0, 0.1) is 5.82 Å². The van der Waals surface area contributed by atoms with Gasteiger partial charge in [-0.2, -0.15) is 0 Å². The van der Waals surface area contributed by atoms with Crippen molar-refractivity contribution in [3.8, 4) is 5.75 Å². The zero-order valence-electron chi connectivity index (χ0n) is 8.22. The molecule has 1 rings (SSSR count). The maximum absolute atomic E-state index is 13.4. The van der Waals surface area contributed by atoms with E-state index in [9.17, 15) is 9.18 Å². The van der Waals surface area contributed by atoms with Gasteiger partial charge in [0.1, 0.15) is 0 Å². The molecule has 0 saturated carbocycles. The Morgan fingerprint density at radius 3 is 2.73 bits per heavy atom. The molecule has 0 aliphatic carbocycles. The SMILES string of the molecule is COc1c(F)cc(C(=O)CCN)cc1Br. The van der Waals surface area contributed by atoms with Crippen molar-refractivity contribution in [2.24, 2.45) is 5.73 Å². The van der Waals surface area contributed by atoms with Crippen molar-refractivity contribution < 1.29 is 13.9 Å². The lowest BCUT2D eigenvalue weighted by molar-refractivity contribution is 0.0985. The molecule has 2 N–H and O–H groups in total. The molecule has 0 bridgehead atoms. The van der Waals surface area contributed by atoms with Crippen molar-refractivity contribution in [1.29, 1.82) is 0 Å². The largest absolute Gasteiger partial charge is 0.492 e. The molecule has 3 nitrogen and oxygen atoms in total. The number of Topliss-reactive ketones (excluding diaryl/α,β-unsaturated/α-hetero) is 1. The summed E-state index contributed by atoms with van der Waals surface area (Å²) >= 11 is 3.13. The lowest BCUT2D eigenvalue weighted by Crippen LogP contribution is -2.08. The van der Waals surface area contributed by atoms with Gasteiger partial charge in [0, 0.05) is 12.0 Å². The van der Waals surface area contributed by atoms with Crippen LogP contribution in [0.25, 0.3) is 0 Å². The third kappa shape index (κ3) is 2.76. The summed E-state index contributed by atoms with van der Waals surface area (Å²) in [7, 11) is 1.37. The Kier molecular flexibility index (Phi) is 4.23. The molecule has 0 spiro atoms. The smallest absolute Gasteiger partial charge is 0.168 e. The molecule has 0 saturated heterocycles. The number of ether oxygens (including phenoxy) is 1. The average molecular weight is 276 g/mol. The molecular weight excluding hydrogens is 265 g/mol. The number of halogens is 2. The Hall–Kier alpha value is -0.940. The summed E-state index contributed by atoms with van der Waals surface area (Å²) in [5.74, 6) is -0.647. The summed E-state index contributed by atoms with van der Waals surface area (Å²) in [6, 6.07) is 2.68. The van der Waals surface area contributed by atoms with Crippen molar-refractivity contribution in [3.05, 3.63) is 28.0 Å². The summed E-state index contributed by atoms with van der Waals surface area (Å²) in [5, 5.41) is 0. The van der Waals surface area contributed by atoms with Crippen LogP contribution in [-0.2, 0) is 0 Å². The van der Waals surface area contributed by atoms with E-state index in [1.54, 1.807) is 0 Å². The van der Waals surface area contributed by atoms with Crippen LogP contribution in [0.3, 0.4) is 0 Å². The molecule has 82 valence electrons. The maximum Gasteiger partial charge on any atom is 0.168 e. The molecule has 5 heteroatoms. The normalized spacial score (nSPS) is 10.1. The third-order valence-corrected chi connectivity index (χ3v) is 2.48. The van der Waals surface area contributed by atoms with E-state index in [2.05, 4.69) is 15.9 Å². The fraction of sp³-hybridized carbons (Fsp3) is 0.300. The van der Waals surface area contributed by atoms with Gasteiger partial charge in [-0.3, -0.25) is 4.79 Å². The quantitative estimate of drug-likeness (QED) is 0.857. The average Bonchev–Trinajstić information content (AvgIpc) is 2.17. The highest BCUT2D eigenvalue weighted by Crippen LogP contribution is 2.29. The number of hydrogen-bond acceptors (Lipinski definition) is 3. The van der Waals surface area contributed by atoms with Crippen LogP contribution in [0.4, 0.5) is 4.39 Å². The van der Waals surface area contributed by atoms with Crippen LogP contribution in [-0.4, -0.2) is 19.4 Å². The number of hydrogen-bond donors (Lipinski definition) is 1. The molecule has 0 amide bonds. The Morgan fingerprint density at radius 1 is 1.60 bits per heavy atom. The summed E-state index contributed by atoms with van der Waals surface area (Å²) in [6.07, 6.45) is 0.207. The summed E-state index contributed by atoms with van der Waals surface area (Å²) in [4.78, 5) is 11.4. The van der Waals surface area contributed by atoms with E-state index >= 15 is 0 Å². The molecule has 15 heavy (non-hydrogen) atoms. The number of carbonyl (C=O) groups excluding carboxylic acids is 1. The minimum Gasteiger partial charge on any atom is -0.492 e. The number of carbonyl (C=O) groups is 1. The summed E-state index contributed by atoms with van der Waals surface area (Å²) in [5.41, 5.74) is 5.54. The zero-order valence-corrected chi connectivity index (χ0v) is 9.80. The Labute approximate surface area is 95.5 Å². The molecule has 0 aliphatic heterocycles. The van der Waals surface area contributed by atoms with Gasteiger partial charge in [0.2, 0.25) is 0 Å². The van der Waals surface area contributed by atoms with Crippen LogP contribution in [0.2, 0.25) is 0 Å². The van der Waals surface area contributed by atoms with E-state index in [4.69, 9.17) is 10.5 Å². The predicted molar refractivity (Wildman–Crippen MR) is 58.7 cm³/mol. The molecule has 0 unspecified atom stereocenters. The number of methoxy groups -OCH3 is 1. The minimum absolute atomic E-state index is 0.0966. The molecule has 0 fully saturated rings. The van der Waals surface area contributed by atoms with Crippen LogP contribution in [0.15, 0.2) is 16.6 Å². The van der Waals surface area contributed by atoms with E-state index < -0.39 is 5.82 Å². The van der Waals surface area contributed by atoms with Crippen LogP contribution < -0.4 is 10.5 Å². The first-order chi connectivity index (χ1) is 7.10. The highest BCUT2D eigenvalue weighted by Gasteiger charge is 2.13. The van der Waals surface area contributed by atoms with Crippen molar-refractivity contribution in [2.75, 3.05) is 13.7 Å². The van der Waals surface area contributed by atoms with Crippen molar-refractivity contribution in [2.45, 2.75) is 6.42 Å². The van der Waals surface area contributed by atoms with Crippen LogP contribution in [0.1, 0.15) is 16.8 Å². The van der Waals surface area contributed by atoms with Crippen LogP contribution >= 0.6 is 15.9 Å². The lowest BCUT2D eigenvalue weighted by atomic mass is 10.1. The van der Waals surface area contributed by atoms with E-state index in [0.717, 1.165) is 6.07 Å². The molecular formula is C10H11BrFNO2. The first-order valence-corrected chi connectivity index (χ1v) is 5.15. The van der Waals surface area contributed by atoms with Gasteiger partial charge >= 0.3 is 0 Å².